The summed E-state index contributed by atoms with van der Waals surface area (Å²) < 4.78 is 17.6. The Morgan fingerprint density at radius 2 is 1.00 bits per heavy atom. The fourth-order valence-corrected chi connectivity index (χ4v) is 15.2. The standard InChI is InChI=1S/C28H42O7Si2/c1-21(15-17-33-27(31)23-7-11-25(29)12-8-23)19-36(3,4)35-37(5,6)20-22(2)16-18-34-28(32)24-9-13-26(30)14-10-24/h7-14,21-22,29-30H,15-20H2,1-6H3. The molecule has 0 heterocycles. The van der Waals surface area contributed by atoms with Crippen molar-refractivity contribution in [2.45, 2.75) is 65.0 Å². The summed E-state index contributed by atoms with van der Waals surface area (Å²) in [4.78, 5) is 24.3. The molecule has 2 atom stereocenters. The maximum Gasteiger partial charge on any atom is 0.338 e. The van der Waals surface area contributed by atoms with Gasteiger partial charge < -0.3 is 23.8 Å². The van der Waals surface area contributed by atoms with Crippen molar-refractivity contribution >= 4 is 28.6 Å². The van der Waals surface area contributed by atoms with Crippen LogP contribution in [0.25, 0.3) is 0 Å². The normalized spacial score (nSPS) is 13.6. The number of carbonyl (C=O) groups is 2. The fraction of sp³-hybridized carbons (Fsp3) is 0.500. The van der Waals surface area contributed by atoms with Gasteiger partial charge >= 0.3 is 11.9 Å². The number of hydrogen-bond acceptors (Lipinski definition) is 7. The average Bonchev–Trinajstić information content (AvgIpc) is 2.78. The molecule has 0 amide bonds. The number of phenolic OH excluding ortho intramolecular Hbond substituents is 2. The van der Waals surface area contributed by atoms with Crippen molar-refractivity contribution in [1.29, 1.82) is 0 Å². The van der Waals surface area contributed by atoms with Crippen molar-refractivity contribution in [2.75, 3.05) is 13.2 Å². The van der Waals surface area contributed by atoms with Crippen LogP contribution in [0.1, 0.15) is 47.4 Å². The second kappa shape index (κ2) is 13.8. The van der Waals surface area contributed by atoms with E-state index in [1.54, 1.807) is 24.3 Å². The second-order valence-corrected chi connectivity index (χ2v) is 19.9. The van der Waals surface area contributed by atoms with E-state index in [0.717, 1.165) is 24.9 Å². The van der Waals surface area contributed by atoms with E-state index in [9.17, 15) is 19.8 Å². The molecule has 0 radical (unpaired) electrons. The summed E-state index contributed by atoms with van der Waals surface area (Å²) in [5.41, 5.74) is 0.862. The molecule has 2 aromatic rings. The van der Waals surface area contributed by atoms with Gasteiger partial charge in [-0.2, -0.15) is 0 Å². The Bertz CT molecular complexity index is 923. The first-order valence-electron chi connectivity index (χ1n) is 12.9. The van der Waals surface area contributed by atoms with Crippen molar-refractivity contribution in [3.8, 4) is 11.5 Å². The lowest BCUT2D eigenvalue weighted by Gasteiger charge is -2.37. The van der Waals surface area contributed by atoms with Crippen molar-refractivity contribution < 1.29 is 33.4 Å². The average molecular weight is 547 g/mol. The van der Waals surface area contributed by atoms with Gasteiger partial charge in [0, 0.05) is 0 Å². The van der Waals surface area contributed by atoms with E-state index in [0.29, 0.717) is 36.2 Å². The summed E-state index contributed by atoms with van der Waals surface area (Å²) in [6, 6.07) is 14.1. The number of benzene rings is 2. The number of aromatic hydroxyl groups is 2. The van der Waals surface area contributed by atoms with E-state index in [4.69, 9.17) is 13.6 Å². The molecule has 0 aromatic heterocycles. The Kier molecular flexibility index (Phi) is 11.4. The van der Waals surface area contributed by atoms with Gasteiger partial charge in [0.05, 0.1) is 24.3 Å². The molecule has 2 N–H and O–H groups in total. The van der Waals surface area contributed by atoms with Gasteiger partial charge in [0.1, 0.15) is 11.5 Å². The Morgan fingerprint density at radius 1 is 0.676 bits per heavy atom. The zero-order valence-electron chi connectivity index (χ0n) is 23.0. The van der Waals surface area contributed by atoms with Gasteiger partial charge in [-0.05, 0) is 111 Å². The topological polar surface area (TPSA) is 102 Å². The van der Waals surface area contributed by atoms with Gasteiger partial charge in [-0.3, -0.25) is 0 Å². The van der Waals surface area contributed by atoms with E-state index in [1.807, 2.05) is 0 Å². The molecule has 0 saturated heterocycles. The van der Waals surface area contributed by atoms with Crippen LogP contribution in [0.3, 0.4) is 0 Å². The molecule has 0 spiro atoms. The highest BCUT2D eigenvalue weighted by atomic mass is 28.4. The molecule has 9 heteroatoms. The lowest BCUT2D eigenvalue weighted by Crippen LogP contribution is -2.46. The van der Waals surface area contributed by atoms with Crippen molar-refractivity contribution in [2.24, 2.45) is 11.8 Å². The summed E-state index contributed by atoms with van der Waals surface area (Å²) in [6.07, 6.45) is 1.54. The molecular weight excluding hydrogens is 504 g/mol. The molecule has 2 aromatic carbocycles. The first kappa shape index (κ1) is 30.6. The highest BCUT2D eigenvalue weighted by molar-refractivity contribution is 6.84. The molecule has 0 saturated carbocycles. The van der Waals surface area contributed by atoms with Crippen LogP contribution in [-0.4, -0.2) is 52.0 Å². The SMILES string of the molecule is CC(CCOC(=O)c1ccc(O)cc1)C[Si](C)(C)O[Si](C)(C)CC(C)CCOC(=O)c1ccc(O)cc1. The predicted octanol–water partition coefficient (Wildman–Crippen LogP) is 6.59. The molecule has 0 aliphatic heterocycles. The molecule has 2 unspecified atom stereocenters. The third-order valence-electron chi connectivity index (χ3n) is 6.13. The number of ether oxygens (including phenoxy) is 2. The van der Waals surface area contributed by atoms with Crippen LogP contribution in [0.15, 0.2) is 48.5 Å². The van der Waals surface area contributed by atoms with Crippen LogP contribution in [-0.2, 0) is 13.6 Å². The molecule has 204 valence electrons. The maximum absolute atomic E-state index is 12.2. The number of hydrogen-bond donors (Lipinski definition) is 2. The second-order valence-electron chi connectivity index (χ2n) is 11.2. The predicted molar refractivity (Wildman–Crippen MR) is 150 cm³/mol. The number of carbonyl (C=O) groups excluding carboxylic acids is 2. The van der Waals surface area contributed by atoms with Gasteiger partial charge in [0.2, 0.25) is 0 Å². The lowest BCUT2D eigenvalue weighted by atomic mass is 10.1. The van der Waals surface area contributed by atoms with E-state index in [-0.39, 0.29) is 23.4 Å². The van der Waals surface area contributed by atoms with Crippen LogP contribution in [0.2, 0.25) is 38.3 Å². The van der Waals surface area contributed by atoms with E-state index in [1.165, 1.54) is 24.3 Å². The van der Waals surface area contributed by atoms with Crippen LogP contribution >= 0.6 is 0 Å². The molecular formula is C28H42O7Si2. The smallest absolute Gasteiger partial charge is 0.338 e. The number of esters is 2. The first-order valence-corrected chi connectivity index (χ1v) is 19.1. The van der Waals surface area contributed by atoms with Gasteiger partial charge in [0.25, 0.3) is 0 Å². The maximum atomic E-state index is 12.2. The largest absolute Gasteiger partial charge is 0.508 e. The van der Waals surface area contributed by atoms with Crippen molar-refractivity contribution in [1.82, 2.24) is 0 Å². The summed E-state index contributed by atoms with van der Waals surface area (Å²) in [7, 11) is -3.85. The number of rotatable bonds is 14. The molecule has 0 fully saturated rings. The fourth-order valence-electron chi connectivity index (χ4n) is 4.78. The molecule has 37 heavy (non-hydrogen) atoms. The minimum Gasteiger partial charge on any atom is -0.508 e. The van der Waals surface area contributed by atoms with Gasteiger partial charge in [-0.25, -0.2) is 9.59 Å². The third-order valence-corrected chi connectivity index (χ3v) is 13.9. The van der Waals surface area contributed by atoms with Gasteiger partial charge in [0.15, 0.2) is 16.6 Å². The van der Waals surface area contributed by atoms with E-state index in [2.05, 4.69) is 40.0 Å². The zero-order chi connectivity index (χ0) is 27.6. The highest BCUT2D eigenvalue weighted by Crippen LogP contribution is 2.29. The summed E-state index contributed by atoms with van der Waals surface area (Å²) >= 11 is 0. The summed E-state index contributed by atoms with van der Waals surface area (Å²) in [5.74, 6) is 0.221. The first-order chi connectivity index (χ1) is 17.3. The van der Waals surface area contributed by atoms with Crippen LogP contribution < -0.4 is 0 Å². The summed E-state index contributed by atoms with van der Waals surface area (Å²) in [5, 5.41) is 18.7. The van der Waals surface area contributed by atoms with Crippen LogP contribution in [0.5, 0.6) is 11.5 Å². The molecule has 0 aliphatic carbocycles. The highest BCUT2D eigenvalue weighted by Gasteiger charge is 2.35. The number of phenols is 2. The van der Waals surface area contributed by atoms with Crippen molar-refractivity contribution in [3.63, 3.8) is 0 Å². The Labute approximate surface area is 223 Å². The lowest BCUT2D eigenvalue weighted by molar-refractivity contribution is 0.0478. The van der Waals surface area contributed by atoms with E-state index >= 15 is 0 Å². The van der Waals surface area contributed by atoms with Crippen LogP contribution in [0, 0.1) is 11.8 Å². The molecule has 0 aliphatic rings. The Morgan fingerprint density at radius 3 is 1.32 bits per heavy atom. The molecule has 0 bridgehead atoms. The van der Waals surface area contributed by atoms with E-state index < -0.39 is 16.6 Å². The van der Waals surface area contributed by atoms with Crippen molar-refractivity contribution in [3.05, 3.63) is 59.7 Å². The summed E-state index contributed by atoms with van der Waals surface area (Å²) in [6.45, 7) is 14.1. The molecule has 2 rings (SSSR count). The Hall–Kier alpha value is -2.63. The zero-order valence-corrected chi connectivity index (χ0v) is 25.0. The minimum absolute atomic E-state index is 0.118. The monoisotopic (exact) mass is 546 g/mol. The Balaban J connectivity index is 1.71. The van der Waals surface area contributed by atoms with Crippen LogP contribution in [0.4, 0.5) is 0 Å². The molecule has 7 nitrogen and oxygen atoms in total. The minimum atomic E-state index is -1.93. The van der Waals surface area contributed by atoms with Gasteiger partial charge in [-0.1, -0.05) is 13.8 Å². The third kappa shape index (κ3) is 11.5. The quantitative estimate of drug-likeness (QED) is 0.203. The van der Waals surface area contributed by atoms with Gasteiger partial charge in [-0.15, -0.1) is 0 Å².